The first-order valence-corrected chi connectivity index (χ1v) is 9.57. The normalized spacial score (nSPS) is 13.4. The largest absolute Gasteiger partial charge is 0.378 e. The van der Waals surface area contributed by atoms with E-state index < -0.39 is 15.6 Å². The summed E-state index contributed by atoms with van der Waals surface area (Å²) in [6.07, 6.45) is 0.407. The molecule has 0 bridgehead atoms. The number of sulfonamides is 1. The van der Waals surface area contributed by atoms with Crippen molar-refractivity contribution in [2.75, 3.05) is 0 Å². The number of aryl methyl sites for hydroxylation is 1. The van der Waals surface area contributed by atoms with Gasteiger partial charge in [-0.15, -0.1) is 0 Å². The van der Waals surface area contributed by atoms with E-state index in [4.69, 9.17) is 0 Å². The molecule has 0 saturated heterocycles. The van der Waals surface area contributed by atoms with E-state index in [-0.39, 0.29) is 11.4 Å². The summed E-state index contributed by atoms with van der Waals surface area (Å²) in [6.45, 7) is 5.38. The third kappa shape index (κ3) is 5.09. The lowest BCUT2D eigenvalue weighted by atomic mass is 10.1. The highest BCUT2D eigenvalue weighted by molar-refractivity contribution is 7.89. The second kappa shape index (κ2) is 7.73. The number of hydrogen-bond donors (Lipinski definition) is 1. The van der Waals surface area contributed by atoms with Gasteiger partial charge in [0.15, 0.2) is 0 Å². The molecular formula is C20H23NO3S. The molecule has 4 nitrogen and oxygen atoms in total. The molecule has 0 aliphatic heterocycles. The fraction of sp³-hybridized carbons (Fsp3) is 0.300. The van der Waals surface area contributed by atoms with Crippen molar-refractivity contribution in [3.8, 4) is 12.0 Å². The first kappa shape index (κ1) is 19.0. The van der Waals surface area contributed by atoms with E-state index in [1.54, 1.807) is 38.1 Å². The highest BCUT2D eigenvalue weighted by Gasteiger charge is 2.23. The summed E-state index contributed by atoms with van der Waals surface area (Å²) < 4.78 is 27.1. The van der Waals surface area contributed by atoms with Crippen molar-refractivity contribution in [1.82, 2.24) is 4.31 Å². The van der Waals surface area contributed by atoms with E-state index in [9.17, 15) is 13.5 Å². The summed E-state index contributed by atoms with van der Waals surface area (Å²) in [7, 11) is -3.80. The van der Waals surface area contributed by atoms with Crippen molar-refractivity contribution in [1.29, 1.82) is 0 Å². The summed E-state index contributed by atoms with van der Waals surface area (Å²) in [4.78, 5) is 0.180. The van der Waals surface area contributed by atoms with Gasteiger partial charge in [-0.2, -0.15) is 0 Å². The SMILES string of the molecule is CCC(C)(O)C#CN(Cc1ccccc1)S(=O)(=O)c1ccc(C)cc1. The minimum absolute atomic E-state index is 0.115. The molecule has 0 heterocycles. The van der Waals surface area contributed by atoms with E-state index in [0.717, 1.165) is 15.4 Å². The van der Waals surface area contributed by atoms with Gasteiger partial charge in [0.2, 0.25) is 0 Å². The van der Waals surface area contributed by atoms with Gasteiger partial charge in [-0.05, 0) is 43.9 Å². The Bertz CT molecular complexity index is 861. The molecule has 5 heteroatoms. The Morgan fingerprint density at radius 2 is 1.68 bits per heavy atom. The average molecular weight is 357 g/mol. The Morgan fingerprint density at radius 3 is 2.24 bits per heavy atom. The van der Waals surface area contributed by atoms with Crippen LogP contribution >= 0.6 is 0 Å². The second-order valence-corrected chi connectivity index (χ2v) is 8.04. The molecule has 0 amide bonds. The highest BCUT2D eigenvalue weighted by Crippen LogP contribution is 2.19. The van der Waals surface area contributed by atoms with Crippen LogP contribution in [0.15, 0.2) is 59.5 Å². The standard InChI is InChI=1S/C20H23NO3S/c1-4-20(3,22)14-15-21(16-18-8-6-5-7-9-18)25(23,24)19-12-10-17(2)11-13-19/h5-13,22H,4,16H2,1-3H3. The Hall–Kier alpha value is -2.29. The van der Waals surface area contributed by atoms with Crippen LogP contribution in [0.3, 0.4) is 0 Å². The molecule has 2 aromatic carbocycles. The first-order chi connectivity index (χ1) is 11.7. The second-order valence-electron chi connectivity index (χ2n) is 6.17. The zero-order chi connectivity index (χ0) is 18.5. The summed E-state index contributed by atoms with van der Waals surface area (Å²) in [6, 6.07) is 18.6. The number of benzene rings is 2. The van der Waals surface area contributed by atoms with Crippen LogP contribution < -0.4 is 0 Å². The molecule has 1 N–H and O–H groups in total. The minimum Gasteiger partial charge on any atom is -0.378 e. The molecule has 0 radical (unpaired) electrons. The van der Waals surface area contributed by atoms with E-state index in [2.05, 4.69) is 12.0 Å². The lowest BCUT2D eigenvalue weighted by molar-refractivity contribution is 0.117. The predicted octanol–water partition coefficient (Wildman–Crippen LogP) is 3.31. The molecule has 1 atom stereocenters. The Labute approximate surface area is 150 Å². The van der Waals surface area contributed by atoms with Crippen molar-refractivity contribution in [3.05, 3.63) is 65.7 Å². The van der Waals surface area contributed by atoms with Gasteiger partial charge in [-0.1, -0.05) is 55.0 Å². The van der Waals surface area contributed by atoms with Crippen LogP contribution in [-0.2, 0) is 16.6 Å². The third-order valence-electron chi connectivity index (χ3n) is 3.92. The lowest BCUT2D eigenvalue weighted by Gasteiger charge is -2.20. The van der Waals surface area contributed by atoms with Gasteiger partial charge >= 0.3 is 0 Å². The third-order valence-corrected chi connectivity index (χ3v) is 5.58. The van der Waals surface area contributed by atoms with Gasteiger partial charge in [0.1, 0.15) is 5.60 Å². The van der Waals surface area contributed by atoms with Crippen LogP contribution in [-0.4, -0.2) is 23.4 Å². The smallest absolute Gasteiger partial charge is 0.271 e. The van der Waals surface area contributed by atoms with Crippen molar-refractivity contribution >= 4 is 10.0 Å². The van der Waals surface area contributed by atoms with E-state index in [1.807, 2.05) is 37.3 Å². The van der Waals surface area contributed by atoms with Crippen LogP contribution in [0.25, 0.3) is 0 Å². The van der Waals surface area contributed by atoms with E-state index in [1.165, 1.54) is 0 Å². The molecule has 25 heavy (non-hydrogen) atoms. The molecule has 0 aliphatic rings. The maximum absolute atomic E-state index is 13.0. The fourth-order valence-corrected chi connectivity index (χ4v) is 3.26. The highest BCUT2D eigenvalue weighted by atomic mass is 32.2. The van der Waals surface area contributed by atoms with Crippen LogP contribution in [0.1, 0.15) is 31.4 Å². The number of nitrogens with zero attached hydrogens (tertiary/aromatic N) is 1. The monoisotopic (exact) mass is 357 g/mol. The van der Waals surface area contributed by atoms with Gasteiger partial charge in [0.05, 0.1) is 11.4 Å². The van der Waals surface area contributed by atoms with Gasteiger partial charge in [0.25, 0.3) is 10.0 Å². The van der Waals surface area contributed by atoms with E-state index >= 15 is 0 Å². The van der Waals surface area contributed by atoms with Crippen LogP contribution in [0.4, 0.5) is 0 Å². The molecule has 2 aromatic rings. The zero-order valence-corrected chi connectivity index (χ0v) is 15.5. The summed E-state index contributed by atoms with van der Waals surface area (Å²) >= 11 is 0. The van der Waals surface area contributed by atoms with Crippen molar-refractivity contribution in [2.45, 2.75) is 44.2 Å². The van der Waals surface area contributed by atoms with Gasteiger partial charge in [-0.3, -0.25) is 0 Å². The first-order valence-electron chi connectivity index (χ1n) is 8.13. The quantitative estimate of drug-likeness (QED) is 0.660. The molecule has 0 saturated carbocycles. The summed E-state index contributed by atoms with van der Waals surface area (Å²) in [5, 5.41) is 10.1. The topological polar surface area (TPSA) is 57.6 Å². The molecule has 0 aliphatic carbocycles. The molecule has 0 spiro atoms. The number of rotatable bonds is 5. The van der Waals surface area contributed by atoms with Crippen molar-refractivity contribution in [2.24, 2.45) is 0 Å². The Balaban J connectivity index is 2.44. The Morgan fingerprint density at radius 1 is 1.08 bits per heavy atom. The van der Waals surface area contributed by atoms with Gasteiger partial charge in [-0.25, -0.2) is 12.7 Å². The minimum atomic E-state index is -3.80. The lowest BCUT2D eigenvalue weighted by Crippen LogP contribution is -2.28. The van der Waals surface area contributed by atoms with Gasteiger partial charge in [0, 0.05) is 6.04 Å². The molecule has 2 rings (SSSR count). The molecule has 132 valence electrons. The molecule has 0 aromatic heterocycles. The maximum atomic E-state index is 13.0. The fourth-order valence-electron chi connectivity index (χ4n) is 2.04. The van der Waals surface area contributed by atoms with E-state index in [0.29, 0.717) is 6.42 Å². The Kier molecular flexibility index (Phi) is 5.89. The molecule has 1 unspecified atom stereocenters. The average Bonchev–Trinajstić information content (AvgIpc) is 2.59. The van der Waals surface area contributed by atoms with Crippen LogP contribution in [0.2, 0.25) is 0 Å². The summed E-state index contributed by atoms with van der Waals surface area (Å²) in [5.41, 5.74) is 0.565. The van der Waals surface area contributed by atoms with Crippen molar-refractivity contribution < 1.29 is 13.5 Å². The van der Waals surface area contributed by atoms with Crippen LogP contribution in [0, 0.1) is 18.9 Å². The number of aliphatic hydroxyl groups is 1. The molecule has 0 fully saturated rings. The predicted molar refractivity (Wildman–Crippen MR) is 99.0 cm³/mol. The summed E-state index contributed by atoms with van der Waals surface area (Å²) in [5.74, 6) is 2.67. The van der Waals surface area contributed by atoms with Crippen LogP contribution in [0.5, 0.6) is 0 Å². The van der Waals surface area contributed by atoms with Gasteiger partial charge < -0.3 is 5.11 Å². The maximum Gasteiger partial charge on any atom is 0.271 e. The van der Waals surface area contributed by atoms with Crippen molar-refractivity contribution in [3.63, 3.8) is 0 Å². The number of hydrogen-bond acceptors (Lipinski definition) is 3. The molecular weight excluding hydrogens is 334 g/mol. The zero-order valence-electron chi connectivity index (χ0n) is 14.7.